The van der Waals surface area contributed by atoms with Crippen LogP contribution in [-0.4, -0.2) is 78.0 Å². The predicted octanol–water partition coefficient (Wildman–Crippen LogP) is 2.65. The molecule has 3 aromatic rings. The Hall–Kier alpha value is -5.14. The van der Waals surface area contributed by atoms with E-state index in [2.05, 4.69) is 21.1 Å². The molecule has 0 spiro atoms. The van der Waals surface area contributed by atoms with Gasteiger partial charge in [0.1, 0.15) is 11.6 Å². The van der Waals surface area contributed by atoms with E-state index in [0.717, 1.165) is 37.7 Å². The Kier molecular flexibility index (Phi) is 9.17. The van der Waals surface area contributed by atoms with Crippen molar-refractivity contribution in [3.63, 3.8) is 0 Å². The average Bonchev–Trinajstić information content (AvgIpc) is 3.02. The van der Waals surface area contributed by atoms with E-state index in [1.807, 2.05) is 38.1 Å². The fourth-order valence-corrected chi connectivity index (χ4v) is 5.64. The maximum Gasteiger partial charge on any atom is 0.283 e. The number of carbonyl (C=O) groups is 4. The van der Waals surface area contributed by atoms with Crippen molar-refractivity contribution in [2.24, 2.45) is 5.10 Å². The summed E-state index contributed by atoms with van der Waals surface area (Å²) in [6, 6.07) is 13.6. The van der Waals surface area contributed by atoms with E-state index in [0.29, 0.717) is 23.4 Å². The minimum atomic E-state index is -1.27. The van der Waals surface area contributed by atoms with Crippen molar-refractivity contribution < 1.29 is 33.4 Å². The number of rotatable bonds is 8. The van der Waals surface area contributed by atoms with Gasteiger partial charge in [0.2, 0.25) is 23.9 Å². The number of methoxy groups -OCH3 is 1. The van der Waals surface area contributed by atoms with E-state index < -0.39 is 35.9 Å². The molecule has 1 saturated heterocycles. The summed E-state index contributed by atoms with van der Waals surface area (Å²) in [6.07, 6.45) is -0.737. The van der Waals surface area contributed by atoms with Crippen molar-refractivity contribution in [3.05, 3.63) is 71.0 Å². The first-order valence-electron chi connectivity index (χ1n) is 14.6. The standard InChI is InChI=1S/C33H35FN6O6/c1-17-20(19-14-24(34)23(27(15-19)46-5)16-35-26-12-13-28(41)37-30(26)42)8-6-9-21(17)22-10-7-11-25(18(22)2)36-31(43)29-32(44)39(3)33(45)40(4)38-29/h6-11,14-15,26,33,35,45H,12-13,16H2,1-5H3,(H,36,43)(H,37,41,42)/t26-,33?/m0/s1. The number of hydrogen-bond donors (Lipinski definition) is 4. The van der Waals surface area contributed by atoms with Crippen molar-refractivity contribution in [1.82, 2.24) is 20.5 Å². The SMILES string of the molecule is COc1cc(-c2cccc(-c3cccc(NC(=O)C4=NN(C)C(O)N(C)C4=O)c3C)c2C)cc(F)c1CN[C@H]1CCC(=O)NC1=O. The quantitative estimate of drug-likeness (QED) is 0.277. The summed E-state index contributed by atoms with van der Waals surface area (Å²) in [5.74, 6) is -2.38. The van der Waals surface area contributed by atoms with Gasteiger partial charge in [-0.2, -0.15) is 5.10 Å². The van der Waals surface area contributed by atoms with Crippen LogP contribution in [0.25, 0.3) is 22.3 Å². The highest BCUT2D eigenvalue weighted by Gasteiger charge is 2.35. The van der Waals surface area contributed by atoms with Crippen molar-refractivity contribution >= 4 is 35.0 Å². The molecule has 13 heteroatoms. The number of aliphatic hydroxyl groups is 1. The molecule has 1 unspecified atom stereocenters. The number of hydrazone groups is 1. The van der Waals surface area contributed by atoms with Crippen LogP contribution in [0.5, 0.6) is 5.75 Å². The summed E-state index contributed by atoms with van der Waals surface area (Å²) in [5, 5.41) is 23.2. The topological polar surface area (TPSA) is 153 Å². The molecule has 2 heterocycles. The minimum Gasteiger partial charge on any atom is -0.496 e. The Balaban J connectivity index is 1.42. The van der Waals surface area contributed by atoms with Gasteiger partial charge in [0, 0.05) is 38.3 Å². The van der Waals surface area contributed by atoms with Crippen LogP contribution in [0.4, 0.5) is 10.1 Å². The lowest BCUT2D eigenvalue weighted by Gasteiger charge is -2.33. The van der Waals surface area contributed by atoms with Crippen LogP contribution in [-0.2, 0) is 25.7 Å². The molecule has 2 aliphatic heterocycles. The van der Waals surface area contributed by atoms with Gasteiger partial charge in [-0.05, 0) is 71.8 Å². The van der Waals surface area contributed by atoms with E-state index in [4.69, 9.17) is 4.74 Å². The summed E-state index contributed by atoms with van der Waals surface area (Å²) in [7, 11) is 4.28. The van der Waals surface area contributed by atoms with Gasteiger partial charge in [-0.15, -0.1) is 0 Å². The Bertz CT molecular complexity index is 1780. The molecule has 0 aromatic heterocycles. The molecule has 240 valence electrons. The smallest absolute Gasteiger partial charge is 0.283 e. The number of aliphatic hydroxyl groups excluding tert-OH is 1. The average molecular weight is 631 g/mol. The molecule has 3 aromatic carbocycles. The number of halogens is 1. The van der Waals surface area contributed by atoms with E-state index in [-0.39, 0.29) is 30.1 Å². The van der Waals surface area contributed by atoms with E-state index >= 15 is 4.39 Å². The Labute approximate surface area is 265 Å². The predicted molar refractivity (Wildman–Crippen MR) is 169 cm³/mol. The van der Waals surface area contributed by atoms with Gasteiger partial charge in [0.05, 0.1) is 13.2 Å². The number of anilines is 1. The number of imide groups is 1. The molecule has 0 bridgehead atoms. The summed E-state index contributed by atoms with van der Waals surface area (Å²) in [5.41, 5.74) is 4.99. The first-order valence-corrected chi connectivity index (χ1v) is 14.6. The van der Waals surface area contributed by atoms with Crippen LogP contribution in [0, 0.1) is 19.7 Å². The van der Waals surface area contributed by atoms with Crippen molar-refractivity contribution in [2.75, 3.05) is 26.5 Å². The molecule has 12 nitrogen and oxygen atoms in total. The van der Waals surface area contributed by atoms with Crippen molar-refractivity contribution in [2.45, 2.75) is 45.6 Å². The highest BCUT2D eigenvalue weighted by Crippen LogP contribution is 2.37. The molecule has 2 atom stereocenters. The lowest BCUT2D eigenvalue weighted by molar-refractivity contribution is -0.149. The molecule has 4 amide bonds. The maximum absolute atomic E-state index is 15.6. The molecule has 0 saturated carbocycles. The summed E-state index contributed by atoms with van der Waals surface area (Å²) >= 11 is 0. The lowest BCUT2D eigenvalue weighted by Crippen LogP contribution is -2.55. The molecule has 0 aliphatic carbocycles. The third kappa shape index (κ3) is 6.19. The van der Waals surface area contributed by atoms with Crippen LogP contribution in [0.2, 0.25) is 0 Å². The fraction of sp³-hybridized carbons (Fsp3) is 0.303. The highest BCUT2D eigenvalue weighted by molar-refractivity contribution is 6.67. The molecule has 0 radical (unpaired) electrons. The molecular weight excluding hydrogens is 595 g/mol. The minimum absolute atomic E-state index is 0.0312. The Morgan fingerprint density at radius 1 is 1.07 bits per heavy atom. The monoisotopic (exact) mass is 630 g/mol. The number of piperidine rings is 1. The second-order valence-corrected chi connectivity index (χ2v) is 11.2. The summed E-state index contributed by atoms with van der Waals surface area (Å²) in [6.45, 7) is 3.80. The zero-order chi connectivity index (χ0) is 33.3. The van der Waals surface area contributed by atoms with Crippen LogP contribution >= 0.6 is 0 Å². The number of nitrogens with one attached hydrogen (secondary N) is 3. The molecule has 4 N–H and O–H groups in total. The number of benzene rings is 3. The third-order valence-electron chi connectivity index (χ3n) is 8.33. The van der Waals surface area contributed by atoms with Crippen LogP contribution in [0.3, 0.4) is 0 Å². The Morgan fingerprint density at radius 3 is 2.43 bits per heavy atom. The number of ether oxygens (including phenoxy) is 1. The van der Waals surface area contributed by atoms with E-state index in [1.165, 1.54) is 27.3 Å². The van der Waals surface area contributed by atoms with Gasteiger partial charge in [-0.25, -0.2) is 4.39 Å². The van der Waals surface area contributed by atoms with Gasteiger partial charge in [-0.1, -0.05) is 30.3 Å². The molecular formula is C33H35FN6O6. The van der Waals surface area contributed by atoms with Gasteiger partial charge < -0.3 is 20.5 Å². The second kappa shape index (κ2) is 13.1. The lowest BCUT2D eigenvalue weighted by atomic mass is 9.90. The number of carbonyl (C=O) groups excluding carboxylic acids is 4. The zero-order valence-corrected chi connectivity index (χ0v) is 26.1. The first kappa shape index (κ1) is 32.3. The molecule has 2 aliphatic rings. The van der Waals surface area contributed by atoms with E-state index in [9.17, 15) is 24.3 Å². The number of amides is 4. The Morgan fingerprint density at radius 2 is 1.74 bits per heavy atom. The highest BCUT2D eigenvalue weighted by atomic mass is 19.1. The number of hydrogen-bond acceptors (Lipinski definition) is 9. The van der Waals surface area contributed by atoms with Gasteiger partial charge in [0.25, 0.3) is 11.8 Å². The third-order valence-corrected chi connectivity index (χ3v) is 8.33. The summed E-state index contributed by atoms with van der Waals surface area (Å²) < 4.78 is 21.1. The largest absolute Gasteiger partial charge is 0.496 e. The van der Waals surface area contributed by atoms with Gasteiger partial charge >= 0.3 is 0 Å². The van der Waals surface area contributed by atoms with Crippen molar-refractivity contribution in [3.8, 4) is 28.0 Å². The second-order valence-electron chi connectivity index (χ2n) is 11.2. The fourth-order valence-electron chi connectivity index (χ4n) is 5.64. The van der Waals surface area contributed by atoms with Crippen molar-refractivity contribution in [1.29, 1.82) is 0 Å². The first-order chi connectivity index (χ1) is 21.9. The molecule has 5 rings (SSSR count). The normalized spacial score (nSPS) is 18.3. The van der Waals surface area contributed by atoms with Crippen LogP contribution < -0.4 is 20.7 Å². The van der Waals surface area contributed by atoms with Crippen LogP contribution in [0.1, 0.15) is 29.5 Å². The number of nitrogens with zero attached hydrogens (tertiary/aromatic N) is 3. The summed E-state index contributed by atoms with van der Waals surface area (Å²) in [4.78, 5) is 50.3. The van der Waals surface area contributed by atoms with Gasteiger partial charge in [0.15, 0.2) is 0 Å². The molecule has 1 fully saturated rings. The van der Waals surface area contributed by atoms with Crippen LogP contribution in [0.15, 0.2) is 53.6 Å². The molecule has 46 heavy (non-hydrogen) atoms. The van der Waals surface area contributed by atoms with E-state index in [1.54, 1.807) is 18.2 Å². The maximum atomic E-state index is 15.6. The zero-order valence-electron chi connectivity index (χ0n) is 26.1. The van der Waals surface area contributed by atoms with Gasteiger partial charge in [-0.3, -0.25) is 34.4 Å².